The number of para-hydroxylation sites is 1. The molecular weight excluding hydrogens is 451 g/mol. The molecular formula is C28H32Cl2N2O. The maximum absolute atomic E-state index is 5.54. The Labute approximate surface area is 210 Å². The minimum absolute atomic E-state index is 0. The monoisotopic (exact) mass is 482 g/mol. The molecule has 0 atom stereocenters. The van der Waals surface area contributed by atoms with Gasteiger partial charge in [0.15, 0.2) is 5.71 Å². The van der Waals surface area contributed by atoms with Crippen molar-refractivity contribution in [3.8, 4) is 5.75 Å². The van der Waals surface area contributed by atoms with Crippen LogP contribution in [0.4, 0.5) is 17.1 Å². The summed E-state index contributed by atoms with van der Waals surface area (Å²) in [6.45, 7) is 7.27. The summed E-state index contributed by atoms with van der Waals surface area (Å²) in [5.74, 6) is 0.902. The van der Waals surface area contributed by atoms with Gasteiger partial charge < -0.3 is 22.0 Å². The van der Waals surface area contributed by atoms with Gasteiger partial charge in [0, 0.05) is 36.1 Å². The Morgan fingerprint density at radius 1 is 0.879 bits per heavy atom. The third kappa shape index (κ3) is 5.26. The lowest BCUT2D eigenvalue weighted by atomic mass is 9.81. The van der Waals surface area contributed by atoms with E-state index in [9.17, 15) is 0 Å². The molecule has 0 unspecified atom stereocenters. The van der Waals surface area contributed by atoms with Gasteiger partial charge in [0.2, 0.25) is 5.69 Å². The summed E-state index contributed by atoms with van der Waals surface area (Å²) < 4.78 is 7.85. The van der Waals surface area contributed by atoms with Crippen LogP contribution >= 0.6 is 12.4 Å². The normalized spacial score (nSPS) is 13.8. The Morgan fingerprint density at radius 2 is 1.45 bits per heavy atom. The third-order valence-electron chi connectivity index (χ3n) is 6.19. The lowest BCUT2D eigenvalue weighted by Crippen LogP contribution is -3.00. The van der Waals surface area contributed by atoms with Crippen molar-refractivity contribution in [1.29, 1.82) is 0 Å². The van der Waals surface area contributed by atoms with Crippen LogP contribution in [0, 0.1) is 0 Å². The van der Waals surface area contributed by atoms with E-state index in [0.717, 1.165) is 17.1 Å². The molecule has 0 aliphatic carbocycles. The van der Waals surface area contributed by atoms with Crippen molar-refractivity contribution in [2.45, 2.75) is 26.2 Å². The molecule has 1 heterocycles. The van der Waals surface area contributed by atoms with E-state index < -0.39 is 0 Å². The minimum Gasteiger partial charge on any atom is -1.00 e. The summed E-state index contributed by atoms with van der Waals surface area (Å²) >= 11 is 0. The second-order valence-electron chi connectivity index (χ2n) is 8.50. The molecule has 0 amide bonds. The van der Waals surface area contributed by atoms with Crippen LogP contribution in [0.1, 0.15) is 31.9 Å². The first-order chi connectivity index (χ1) is 14.9. The van der Waals surface area contributed by atoms with Gasteiger partial charge in [-0.05, 0) is 68.8 Å². The highest BCUT2D eigenvalue weighted by Crippen LogP contribution is 2.39. The quantitative estimate of drug-likeness (QED) is 0.493. The largest absolute Gasteiger partial charge is 1.00 e. The molecule has 33 heavy (non-hydrogen) atoms. The van der Waals surface area contributed by atoms with Gasteiger partial charge in [0.25, 0.3) is 0 Å². The first-order valence-electron chi connectivity index (χ1n) is 10.9. The molecule has 174 valence electrons. The number of hydrogen-bond acceptors (Lipinski definition) is 2. The Balaban J connectivity index is 0.00000193. The van der Waals surface area contributed by atoms with Crippen molar-refractivity contribution in [3.63, 3.8) is 0 Å². The number of halogens is 2. The van der Waals surface area contributed by atoms with Crippen molar-refractivity contribution in [2.75, 3.05) is 25.6 Å². The fraction of sp³-hybridized carbons (Fsp3) is 0.250. The zero-order valence-electron chi connectivity index (χ0n) is 19.9. The Bertz CT molecular complexity index is 1130. The number of ether oxygens (including phenoxy) is 1. The minimum atomic E-state index is -0.00431. The number of hydrogen-bond donors (Lipinski definition) is 0. The molecule has 1 aliphatic rings. The van der Waals surface area contributed by atoms with Crippen molar-refractivity contribution in [3.05, 3.63) is 90.0 Å². The van der Waals surface area contributed by atoms with Gasteiger partial charge >= 0.3 is 0 Å². The van der Waals surface area contributed by atoms with Gasteiger partial charge in [-0.25, -0.2) is 0 Å². The smallest absolute Gasteiger partial charge is 0.209 e. The van der Waals surface area contributed by atoms with Crippen LogP contribution in [0.25, 0.3) is 6.08 Å². The zero-order chi connectivity index (χ0) is 22.0. The van der Waals surface area contributed by atoms with Crippen molar-refractivity contribution in [1.82, 2.24) is 0 Å². The molecule has 3 aromatic rings. The first kappa shape index (κ1) is 26.5. The van der Waals surface area contributed by atoms with Crippen molar-refractivity contribution < 1.29 is 21.7 Å². The number of rotatable bonds is 6. The Kier molecular flexibility index (Phi) is 8.76. The topological polar surface area (TPSA) is 15.5 Å². The van der Waals surface area contributed by atoms with Crippen LogP contribution < -0.4 is 22.0 Å². The molecule has 0 saturated heterocycles. The SMILES string of the molecule is CCOc1ccc(N(C)c2ccc(/C=C/C3=[N+](C)c4ccccc4C3(C)C)cc2)cc1.Cl.[Cl-]. The summed E-state index contributed by atoms with van der Waals surface area (Å²) in [6.07, 6.45) is 4.46. The van der Waals surface area contributed by atoms with E-state index >= 15 is 0 Å². The summed E-state index contributed by atoms with van der Waals surface area (Å²) in [4.78, 5) is 2.18. The molecule has 0 spiro atoms. The van der Waals surface area contributed by atoms with Crippen LogP contribution in [0.2, 0.25) is 0 Å². The number of nitrogens with zero attached hydrogens (tertiary/aromatic N) is 2. The van der Waals surface area contributed by atoms with Crippen molar-refractivity contribution >= 4 is 41.3 Å². The molecule has 0 saturated carbocycles. The molecule has 3 aromatic carbocycles. The number of allylic oxidation sites excluding steroid dienone is 1. The second-order valence-corrected chi connectivity index (χ2v) is 8.50. The average molecular weight is 483 g/mol. The highest BCUT2D eigenvalue weighted by atomic mass is 35.5. The second kappa shape index (κ2) is 10.9. The molecule has 0 fully saturated rings. The predicted octanol–water partition coefficient (Wildman–Crippen LogP) is 4.00. The van der Waals surface area contributed by atoms with Gasteiger partial charge in [-0.15, -0.1) is 12.4 Å². The summed E-state index contributed by atoms with van der Waals surface area (Å²) in [6, 6.07) is 25.6. The van der Waals surface area contributed by atoms with Crippen LogP contribution in [-0.2, 0) is 5.41 Å². The molecule has 1 aliphatic heterocycles. The third-order valence-corrected chi connectivity index (χ3v) is 6.19. The first-order valence-corrected chi connectivity index (χ1v) is 10.9. The molecule has 0 radical (unpaired) electrons. The summed E-state index contributed by atoms with van der Waals surface area (Å²) in [7, 11) is 4.24. The number of anilines is 2. The Hall–Kier alpha value is -2.75. The van der Waals surface area contributed by atoms with E-state index in [1.807, 2.05) is 19.1 Å². The van der Waals surface area contributed by atoms with Crippen LogP contribution in [-0.4, -0.2) is 31.0 Å². The van der Waals surface area contributed by atoms with Gasteiger partial charge in [0.1, 0.15) is 12.8 Å². The van der Waals surface area contributed by atoms with Crippen LogP contribution in [0.5, 0.6) is 5.75 Å². The fourth-order valence-electron chi connectivity index (χ4n) is 4.37. The molecule has 3 nitrogen and oxygen atoms in total. The van der Waals surface area contributed by atoms with Gasteiger partial charge in [0.05, 0.1) is 12.0 Å². The number of fused-ring (bicyclic) bond motifs is 1. The van der Waals surface area contributed by atoms with Gasteiger partial charge in [-0.2, -0.15) is 4.58 Å². The predicted molar refractivity (Wildman–Crippen MR) is 139 cm³/mol. The maximum Gasteiger partial charge on any atom is 0.209 e. The van der Waals surface area contributed by atoms with E-state index in [2.05, 4.69) is 110 Å². The van der Waals surface area contributed by atoms with E-state index in [0.29, 0.717) is 6.61 Å². The van der Waals surface area contributed by atoms with Gasteiger partial charge in [-0.1, -0.05) is 30.3 Å². The average Bonchev–Trinajstić information content (AvgIpc) is 2.98. The van der Waals surface area contributed by atoms with Crippen LogP contribution in [0.15, 0.2) is 78.9 Å². The Morgan fingerprint density at radius 3 is 2.03 bits per heavy atom. The lowest BCUT2D eigenvalue weighted by Gasteiger charge is -2.20. The van der Waals surface area contributed by atoms with E-state index in [1.54, 1.807) is 0 Å². The van der Waals surface area contributed by atoms with Crippen molar-refractivity contribution in [2.24, 2.45) is 0 Å². The molecule has 4 rings (SSSR count). The highest BCUT2D eigenvalue weighted by Gasteiger charge is 2.42. The summed E-state index contributed by atoms with van der Waals surface area (Å²) in [5.41, 5.74) is 7.45. The van der Waals surface area contributed by atoms with E-state index in [1.165, 1.54) is 22.5 Å². The summed E-state index contributed by atoms with van der Waals surface area (Å²) in [5, 5.41) is 0. The molecule has 0 bridgehead atoms. The van der Waals surface area contributed by atoms with Crippen LogP contribution in [0.3, 0.4) is 0 Å². The van der Waals surface area contributed by atoms with Gasteiger partial charge in [-0.3, -0.25) is 0 Å². The lowest BCUT2D eigenvalue weighted by molar-refractivity contribution is -0.401. The standard InChI is InChI=1S/C28H31N2O.2ClH/c1-6-31-24-18-16-23(17-19-24)29(4)22-14-11-21(12-15-22)13-20-27-28(2,3)25-9-7-8-10-26(25)30(27)5;;/h7-20H,6H2,1-5H3;2*1H/q+1;;/p-1. The molecule has 0 aromatic heterocycles. The fourth-order valence-corrected chi connectivity index (χ4v) is 4.37. The van der Waals surface area contributed by atoms with E-state index in [-0.39, 0.29) is 30.2 Å². The highest BCUT2D eigenvalue weighted by molar-refractivity contribution is 6.05. The number of benzene rings is 3. The molecule has 0 N–H and O–H groups in total. The van der Waals surface area contributed by atoms with E-state index in [4.69, 9.17) is 4.74 Å². The molecule has 5 heteroatoms. The maximum atomic E-state index is 5.54. The zero-order valence-corrected chi connectivity index (χ0v) is 21.5.